The molecular formula is C13H11F6NO4S. The summed E-state index contributed by atoms with van der Waals surface area (Å²) < 4.78 is 102. The number of carboxylic acid groups (broad SMARTS) is 1. The third kappa shape index (κ3) is 3.89. The Labute approximate surface area is 137 Å². The van der Waals surface area contributed by atoms with Crippen molar-refractivity contribution >= 4 is 16.0 Å². The normalized spacial score (nSPS) is 20.0. The van der Waals surface area contributed by atoms with Gasteiger partial charge in [0.1, 0.15) is 6.04 Å². The van der Waals surface area contributed by atoms with Crippen LogP contribution in [0.15, 0.2) is 23.1 Å². The quantitative estimate of drug-likeness (QED) is 0.804. The van der Waals surface area contributed by atoms with E-state index in [1.165, 1.54) is 0 Å². The van der Waals surface area contributed by atoms with E-state index < -0.39 is 50.4 Å². The van der Waals surface area contributed by atoms with Crippen LogP contribution in [0.1, 0.15) is 24.0 Å². The second-order valence-electron chi connectivity index (χ2n) is 5.35. The number of rotatable bonds is 3. The molecule has 1 unspecified atom stereocenters. The van der Waals surface area contributed by atoms with Crippen LogP contribution >= 0.6 is 0 Å². The summed E-state index contributed by atoms with van der Waals surface area (Å²) in [5.74, 6) is -1.52. The summed E-state index contributed by atoms with van der Waals surface area (Å²) in [5.41, 5.74) is -3.57. The Morgan fingerprint density at radius 2 is 1.52 bits per heavy atom. The molecule has 1 saturated heterocycles. The molecule has 12 heteroatoms. The van der Waals surface area contributed by atoms with Crippen LogP contribution in [0, 0.1) is 0 Å². The molecule has 0 spiro atoms. The third-order valence-electron chi connectivity index (χ3n) is 3.66. The van der Waals surface area contributed by atoms with E-state index in [1.807, 2.05) is 0 Å². The van der Waals surface area contributed by atoms with E-state index in [0.717, 1.165) is 0 Å². The first-order valence-corrected chi connectivity index (χ1v) is 8.23. The highest BCUT2D eigenvalue weighted by molar-refractivity contribution is 7.89. The molecular weight excluding hydrogens is 380 g/mol. The van der Waals surface area contributed by atoms with Gasteiger partial charge in [0.2, 0.25) is 10.0 Å². The van der Waals surface area contributed by atoms with Gasteiger partial charge in [-0.05, 0) is 31.0 Å². The summed E-state index contributed by atoms with van der Waals surface area (Å²) in [5, 5.41) is 9.00. The fourth-order valence-corrected chi connectivity index (χ4v) is 4.21. The number of nitrogens with zero attached hydrogens (tertiary/aromatic N) is 1. The minimum atomic E-state index is -5.21. The van der Waals surface area contributed by atoms with Crippen molar-refractivity contribution in [1.29, 1.82) is 0 Å². The number of benzene rings is 1. The molecule has 0 aromatic heterocycles. The van der Waals surface area contributed by atoms with E-state index in [1.54, 1.807) is 0 Å². The summed E-state index contributed by atoms with van der Waals surface area (Å²) in [7, 11) is -4.85. The van der Waals surface area contributed by atoms with Crippen LogP contribution in [0.5, 0.6) is 0 Å². The molecule has 1 atom stereocenters. The lowest BCUT2D eigenvalue weighted by Crippen LogP contribution is -2.40. The van der Waals surface area contributed by atoms with Crippen molar-refractivity contribution in [3.63, 3.8) is 0 Å². The highest BCUT2D eigenvalue weighted by atomic mass is 32.2. The predicted molar refractivity (Wildman–Crippen MR) is 71.0 cm³/mol. The van der Waals surface area contributed by atoms with Crippen LogP contribution in [0.25, 0.3) is 0 Å². The van der Waals surface area contributed by atoms with Gasteiger partial charge in [-0.15, -0.1) is 0 Å². The van der Waals surface area contributed by atoms with Gasteiger partial charge in [0.15, 0.2) is 0 Å². The molecule has 1 aliphatic heterocycles. The maximum absolute atomic E-state index is 12.8. The van der Waals surface area contributed by atoms with Crippen LogP contribution < -0.4 is 0 Å². The molecule has 5 nitrogen and oxygen atoms in total. The summed E-state index contributed by atoms with van der Waals surface area (Å²) >= 11 is 0. The molecule has 0 amide bonds. The molecule has 1 fully saturated rings. The Morgan fingerprint density at radius 3 is 1.92 bits per heavy atom. The Hall–Kier alpha value is -1.82. The number of halogens is 6. The molecule has 1 aliphatic rings. The topological polar surface area (TPSA) is 74.7 Å². The van der Waals surface area contributed by atoms with Crippen molar-refractivity contribution in [3.05, 3.63) is 29.3 Å². The van der Waals surface area contributed by atoms with Gasteiger partial charge in [0.05, 0.1) is 16.0 Å². The molecule has 1 aromatic carbocycles. The minimum Gasteiger partial charge on any atom is -0.480 e. The molecule has 1 aromatic rings. The van der Waals surface area contributed by atoms with Crippen LogP contribution in [-0.4, -0.2) is 36.4 Å². The minimum absolute atomic E-state index is 0.0712. The Kier molecular flexibility index (Phi) is 4.81. The van der Waals surface area contributed by atoms with E-state index in [9.17, 15) is 39.6 Å². The zero-order valence-electron chi connectivity index (χ0n) is 12.2. The molecule has 0 saturated carbocycles. The molecule has 140 valence electrons. The first kappa shape index (κ1) is 19.5. The van der Waals surface area contributed by atoms with Crippen LogP contribution in [-0.2, 0) is 27.2 Å². The summed E-state index contributed by atoms with van der Waals surface area (Å²) in [6.07, 6.45) is -10.4. The maximum atomic E-state index is 12.8. The molecule has 25 heavy (non-hydrogen) atoms. The van der Waals surface area contributed by atoms with Crippen molar-refractivity contribution in [3.8, 4) is 0 Å². The van der Waals surface area contributed by atoms with Crippen molar-refractivity contribution in [2.45, 2.75) is 36.1 Å². The lowest BCUT2D eigenvalue weighted by atomic mass is 10.1. The smallest absolute Gasteiger partial charge is 0.416 e. The molecule has 0 aliphatic carbocycles. The highest BCUT2D eigenvalue weighted by Gasteiger charge is 2.43. The average Bonchev–Trinajstić information content (AvgIpc) is 2.95. The number of carbonyl (C=O) groups is 1. The lowest BCUT2D eigenvalue weighted by molar-refractivity contribution is -0.144. The van der Waals surface area contributed by atoms with Gasteiger partial charge in [-0.2, -0.15) is 30.6 Å². The summed E-state index contributed by atoms with van der Waals surface area (Å²) in [4.78, 5) is 9.83. The van der Waals surface area contributed by atoms with E-state index in [2.05, 4.69) is 0 Å². The Morgan fingerprint density at radius 1 is 1.04 bits per heavy atom. The van der Waals surface area contributed by atoms with Crippen molar-refractivity contribution in [1.82, 2.24) is 4.31 Å². The SMILES string of the molecule is O=C(O)C1CCCN1S(=O)(=O)c1cc(C(F)(F)F)cc(C(F)(F)F)c1. The fourth-order valence-electron chi connectivity index (χ4n) is 2.49. The first-order valence-electron chi connectivity index (χ1n) is 6.79. The zero-order chi connectivity index (χ0) is 19.2. The van der Waals surface area contributed by atoms with E-state index in [0.29, 0.717) is 4.31 Å². The standard InChI is InChI=1S/C13H11F6NO4S/c14-12(15,16)7-4-8(13(17,18)19)6-9(5-7)25(23,24)20-3-1-2-10(20)11(21)22/h4-6,10H,1-3H2,(H,21,22). The monoisotopic (exact) mass is 391 g/mol. The largest absolute Gasteiger partial charge is 0.480 e. The third-order valence-corrected chi connectivity index (χ3v) is 5.54. The molecule has 1 N–H and O–H groups in total. The van der Waals surface area contributed by atoms with Crippen molar-refractivity contribution in [2.75, 3.05) is 6.54 Å². The number of carboxylic acids is 1. The number of hydrogen-bond acceptors (Lipinski definition) is 3. The lowest BCUT2D eigenvalue weighted by Gasteiger charge is -2.22. The summed E-state index contributed by atoms with van der Waals surface area (Å²) in [6, 6.07) is -1.59. The second-order valence-corrected chi connectivity index (χ2v) is 7.24. The van der Waals surface area contributed by atoms with Gasteiger partial charge in [0, 0.05) is 6.54 Å². The molecule has 0 bridgehead atoms. The second kappa shape index (κ2) is 6.16. The van der Waals surface area contributed by atoms with Crippen LogP contribution in [0.4, 0.5) is 26.3 Å². The average molecular weight is 391 g/mol. The van der Waals surface area contributed by atoms with Gasteiger partial charge >= 0.3 is 18.3 Å². The van der Waals surface area contributed by atoms with E-state index in [4.69, 9.17) is 5.11 Å². The summed E-state index contributed by atoms with van der Waals surface area (Å²) in [6.45, 7) is -0.309. The van der Waals surface area contributed by atoms with Gasteiger partial charge in [-0.1, -0.05) is 0 Å². The van der Waals surface area contributed by atoms with E-state index >= 15 is 0 Å². The van der Waals surface area contributed by atoms with Crippen molar-refractivity contribution < 1.29 is 44.7 Å². The Bertz CT molecular complexity index is 754. The van der Waals surface area contributed by atoms with Crippen LogP contribution in [0.3, 0.4) is 0 Å². The van der Waals surface area contributed by atoms with Crippen molar-refractivity contribution in [2.24, 2.45) is 0 Å². The van der Waals surface area contributed by atoms with Gasteiger partial charge in [-0.3, -0.25) is 4.79 Å². The highest BCUT2D eigenvalue weighted by Crippen LogP contribution is 2.38. The van der Waals surface area contributed by atoms with Gasteiger partial charge < -0.3 is 5.11 Å². The number of sulfonamides is 1. The first-order chi connectivity index (χ1) is 11.2. The molecule has 2 rings (SSSR count). The number of hydrogen-bond donors (Lipinski definition) is 1. The predicted octanol–water partition coefficient (Wildman–Crippen LogP) is 2.96. The number of aliphatic carboxylic acids is 1. The van der Waals surface area contributed by atoms with E-state index in [-0.39, 0.29) is 37.6 Å². The zero-order valence-corrected chi connectivity index (χ0v) is 13.0. The number of alkyl halides is 6. The fraction of sp³-hybridized carbons (Fsp3) is 0.462. The molecule has 0 radical (unpaired) electrons. The van der Waals surface area contributed by atoms with Gasteiger partial charge in [-0.25, -0.2) is 8.42 Å². The maximum Gasteiger partial charge on any atom is 0.416 e. The van der Waals surface area contributed by atoms with Gasteiger partial charge in [0.25, 0.3) is 0 Å². The van der Waals surface area contributed by atoms with Crippen LogP contribution in [0.2, 0.25) is 0 Å². The molecule has 1 heterocycles. The Balaban J connectivity index is 2.63.